The minimum atomic E-state index is -0.608. The number of ketones is 2. The number of rotatable bonds is 5. The predicted octanol–water partition coefficient (Wildman–Crippen LogP) is 6.00. The molecule has 2 aliphatic heterocycles. The number of benzene rings is 2. The highest BCUT2D eigenvalue weighted by atomic mass is 16.7. The molecule has 10 atom stereocenters. The van der Waals surface area contributed by atoms with Gasteiger partial charge in [0.1, 0.15) is 18.2 Å². The minimum absolute atomic E-state index is 0.0170. The molecule has 7 aliphatic rings. The number of fused-ring (bicyclic) bond motifs is 11. The molecular weight excluding hydrogens is 604 g/mol. The summed E-state index contributed by atoms with van der Waals surface area (Å²) in [5.74, 6) is 1.24. The zero-order valence-electron chi connectivity index (χ0n) is 28.4. The van der Waals surface area contributed by atoms with Crippen molar-refractivity contribution in [1.82, 2.24) is 9.96 Å². The van der Waals surface area contributed by atoms with Crippen LogP contribution in [0, 0.1) is 39.9 Å². The summed E-state index contributed by atoms with van der Waals surface area (Å²) < 4.78 is 5.97. The second-order valence-corrected chi connectivity index (χ2v) is 16.8. The van der Waals surface area contributed by atoms with Crippen molar-refractivity contribution in [3.8, 4) is 11.1 Å². The van der Waals surface area contributed by atoms with E-state index in [4.69, 9.17) is 9.57 Å². The molecule has 0 aromatic heterocycles. The van der Waals surface area contributed by atoms with Crippen molar-refractivity contribution in [3.05, 3.63) is 59.7 Å². The van der Waals surface area contributed by atoms with Crippen molar-refractivity contribution < 1.29 is 29.1 Å². The Labute approximate surface area is 283 Å². The largest absolute Gasteiger partial charge is 0.448 e. The number of likely N-dealkylation sites (tertiary alicyclic amines) is 1. The third-order valence-corrected chi connectivity index (χ3v) is 14.9. The fourth-order valence-electron chi connectivity index (χ4n) is 12.5. The molecule has 48 heavy (non-hydrogen) atoms. The summed E-state index contributed by atoms with van der Waals surface area (Å²) in [7, 11) is 0. The molecule has 2 saturated heterocycles. The van der Waals surface area contributed by atoms with Gasteiger partial charge in [-0.05, 0) is 77.5 Å². The molecule has 2 heterocycles. The fraction of sp³-hybridized carbons (Fsp3) is 0.625. The zero-order valence-corrected chi connectivity index (χ0v) is 28.4. The van der Waals surface area contributed by atoms with Gasteiger partial charge in [-0.1, -0.05) is 69.3 Å². The van der Waals surface area contributed by atoms with Crippen LogP contribution in [0.25, 0.3) is 11.1 Å². The van der Waals surface area contributed by atoms with E-state index in [1.807, 2.05) is 12.1 Å². The van der Waals surface area contributed by atoms with Gasteiger partial charge in [0.2, 0.25) is 0 Å². The van der Waals surface area contributed by atoms with Crippen LogP contribution in [-0.2, 0) is 19.2 Å². The van der Waals surface area contributed by atoms with Crippen LogP contribution in [0.4, 0.5) is 4.79 Å². The topological polar surface area (TPSA) is 96.4 Å². The molecule has 9 rings (SSSR count). The normalized spacial score (nSPS) is 41.2. The number of hydrogen-bond donors (Lipinski definition) is 1. The summed E-state index contributed by atoms with van der Waals surface area (Å²) in [5.41, 5.74) is 3.56. The van der Waals surface area contributed by atoms with E-state index in [1.165, 1.54) is 22.3 Å². The lowest BCUT2D eigenvalue weighted by Crippen LogP contribution is -2.81. The van der Waals surface area contributed by atoms with E-state index in [-0.39, 0.29) is 71.2 Å². The second kappa shape index (κ2) is 10.7. The van der Waals surface area contributed by atoms with Gasteiger partial charge < -0.3 is 14.7 Å². The van der Waals surface area contributed by atoms with Crippen LogP contribution in [0.3, 0.4) is 0 Å². The van der Waals surface area contributed by atoms with Gasteiger partial charge in [-0.15, -0.1) is 0 Å². The first kappa shape index (κ1) is 30.9. The molecule has 5 aliphatic carbocycles. The van der Waals surface area contributed by atoms with Gasteiger partial charge in [0.05, 0.1) is 19.3 Å². The Bertz CT molecular complexity index is 1650. The van der Waals surface area contributed by atoms with Crippen LogP contribution in [-0.4, -0.2) is 77.2 Å². The molecule has 1 N–H and O–H groups in total. The molecule has 4 saturated carbocycles. The fourth-order valence-corrected chi connectivity index (χ4v) is 12.5. The van der Waals surface area contributed by atoms with Gasteiger partial charge >= 0.3 is 6.09 Å². The van der Waals surface area contributed by atoms with E-state index in [2.05, 4.69) is 62.2 Å². The maximum atomic E-state index is 14.2. The maximum absolute atomic E-state index is 14.2. The summed E-state index contributed by atoms with van der Waals surface area (Å²) in [4.78, 5) is 49.2. The average Bonchev–Trinajstić information content (AvgIpc) is 3.76. The molecule has 1 amide bonds. The van der Waals surface area contributed by atoms with Crippen molar-refractivity contribution in [2.45, 2.75) is 89.8 Å². The Balaban J connectivity index is 0.902. The number of ether oxygens (including phenoxy) is 1. The zero-order chi connectivity index (χ0) is 33.2. The van der Waals surface area contributed by atoms with E-state index in [1.54, 1.807) is 4.90 Å². The Morgan fingerprint density at radius 1 is 0.938 bits per heavy atom. The quantitative estimate of drug-likeness (QED) is 0.423. The van der Waals surface area contributed by atoms with Gasteiger partial charge in [0.15, 0.2) is 0 Å². The SMILES string of the molecule is CC1(CO)C2CC(N2O[C@@H]2CCN(C(=O)OCC3c4ccccc4-c4ccccc43)C2)[C@@]2(C)C1C(=O)C[C@@H]1[C@@H]2CC[C@]2(C)C(=O)CC[C@@H]12. The summed E-state index contributed by atoms with van der Waals surface area (Å²) >= 11 is 0. The lowest BCUT2D eigenvalue weighted by Gasteiger charge is -2.74. The Morgan fingerprint density at radius 3 is 2.35 bits per heavy atom. The first-order valence-electron chi connectivity index (χ1n) is 18.3. The predicted molar refractivity (Wildman–Crippen MR) is 179 cm³/mol. The number of piperidine rings is 1. The molecule has 2 bridgehead atoms. The molecule has 4 unspecified atom stereocenters. The molecular formula is C40H48N2O6. The van der Waals surface area contributed by atoms with E-state index in [9.17, 15) is 19.5 Å². The highest BCUT2D eigenvalue weighted by molar-refractivity contribution is 5.89. The molecule has 6 fully saturated rings. The summed E-state index contributed by atoms with van der Waals surface area (Å²) in [5, 5.41) is 13.1. The first-order valence-corrected chi connectivity index (χ1v) is 18.3. The van der Waals surface area contributed by atoms with E-state index in [0.29, 0.717) is 50.7 Å². The third kappa shape index (κ3) is 4.03. The third-order valence-electron chi connectivity index (χ3n) is 14.9. The molecule has 254 valence electrons. The van der Waals surface area contributed by atoms with Crippen molar-refractivity contribution in [2.24, 2.45) is 39.9 Å². The standard InChI is InChI=1S/C40H48N2O6/c1-38-16-14-31-28(30(38)12-13-35(38)45)18-32(44)36-39(2,22-43)33-19-34(40(31,36)3)42(33)48-23-15-17-41(20-23)37(46)47-21-29-26-10-6-4-8-24(26)25-9-5-7-11-27(25)29/h4-11,23,28-31,33-34,36,43H,12-22H2,1-3H3/t23-,28+,30+,31+,33?,34?,36?,38+,39?,40+/m1/s1. The van der Waals surface area contributed by atoms with Gasteiger partial charge in [0, 0.05) is 54.1 Å². The van der Waals surface area contributed by atoms with E-state index >= 15 is 0 Å². The average molecular weight is 653 g/mol. The second-order valence-electron chi connectivity index (χ2n) is 16.8. The number of aliphatic hydroxyl groups excluding tert-OH is 1. The highest BCUT2D eigenvalue weighted by Crippen LogP contribution is 2.71. The van der Waals surface area contributed by atoms with Gasteiger partial charge in [-0.2, -0.15) is 5.06 Å². The molecule has 2 aromatic rings. The van der Waals surface area contributed by atoms with Gasteiger partial charge in [-0.25, -0.2) is 4.79 Å². The van der Waals surface area contributed by atoms with Crippen molar-refractivity contribution in [1.29, 1.82) is 0 Å². The van der Waals surface area contributed by atoms with Crippen LogP contribution in [0.1, 0.15) is 82.8 Å². The van der Waals surface area contributed by atoms with Crippen LogP contribution >= 0.6 is 0 Å². The molecule has 2 aromatic carbocycles. The Hall–Kier alpha value is -3.07. The Kier molecular flexibility index (Phi) is 6.91. The number of aliphatic hydroxyl groups is 1. The van der Waals surface area contributed by atoms with Gasteiger partial charge in [-0.3, -0.25) is 14.4 Å². The summed E-state index contributed by atoms with van der Waals surface area (Å²) in [6.45, 7) is 7.79. The smallest absolute Gasteiger partial charge is 0.409 e. The van der Waals surface area contributed by atoms with E-state index < -0.39 is 5.41 Å². The number of nitrogens with zero attached hydrogens (tertiary/aromatic N) is 2. The highest BCUT2D eigenvalue weighted by Gasteiger charge is 2.75. The molecule has 0 radical (unpaired) electrons. The van der Waals surface area contributed by atoms with Crippen molar-refractivity contribution in [3.63, 3.8) is 0 Å². The number of carbonyl (C=O) groups excluding carboxylic acids is 3. The monoisotopic (exact) mass is 652 g/mol. The summed E-state index contributed by atoms with van der Waals surface area (Å²) in [6.07, 6.45) is 5.02. The number of hydroxylamine groups is 2. The lowest BCUT2D eigenvalue weighted by atomic mass is 9.37. The first-order chi connectivity index (χ1) is 23.1. The van der Waals surface area contributed by atoms with Crippen LogP contribution in [0.5, 0.6) is 0 Å². The lowest BCUT2D eigenvalue weighted by molar-refractivity contribution is -0.384. The van der Waals surface area contributed by atoms with Crippen LogP contribution in [0.15, 0.2) is 48.5 Å². The molecule has 8 nitrogen and oxygen atoms in total. The number of amides is 1. The minimum Gasteiger partial charge on any atom is -0.448 e. The number of hydrogen-bond acceptors (Lipinski definition) is 7. The van der Waals surface area contributed by atoms with Crippen molar-refractivity contribution >= 4 is 17.7 Å². The van der Waals surface area contributed by atoms with Crippen molar-refractivity contribution in [2.75, 3.05) is 26.3 Å². The van der Waals surface area contributed by atoms with E-state index in [0.717, 1.165) is 25.7 Å². The van der Waals surface area contributed by atoms with Crippen LogP contribution in [0.2, 0.25) is 0 Å². The molecule has 0 spiro atoms. The Morgan fingerprint density at radius 2 is 1.65 bits per heavy atom. The molecule has 8 heteroatoms. The summed E-state index contributed by atoms with van der Waals surface area (Å²) in [6, 6.07) is 16.8. The number of Topliss-reactive ketones (excluding diaryl/α,β-unsaturated/α-hetero) is 2. The van der Waals surface area contributed by atoms with Gasteiger partial charge in [0.25, 0.3) is 0 Å². The number of carbonyl (C=O) groups is 3. The maximum Gasteiger partial charge on any atom is 0.409 e. The van der Waals surface area contributed by atoms with Crippen LogP contribution < -0.4 is 0 Å².